The molecule has 1 atom stereocenters. The monoisotopic (exact) mass is 444 g/mol. The van der Waals surface area contributed by atoms with Crippen molar-refractivity contribution in [2.24, 2.45) is 0 Å². The van der Waals surface area contributed by atoms with Gasteiger partial charge in [0, 0.05) is 12.0 Å². The molecule has 31 heavy (non-hydrogen) atoms. The van der Waals surface area contributed by atoms with Gasteiger partial charge in [-0.1, -0.05) is 49.7 Å². The normalized spacial score (nSPS) is 17.4. The van der Waals surface area contributed by atoms with Crippen LogP contribution in [0.15, 0.2) is 42.5 Å². The number of aryl methyl sites for hydroxylation is 2. The van der Waals surface area contributed by atoms with Gasteiger partial charge in [-0.2, -0.15) is 0 Å². The van der Waals surface area contributed by atoms with Crippen molar-refractivity contribution in [1.29, 1.82) is 0 Å². The van der Waals surface area contributed by atoms with E-state index in [1.165, 1.54) is 4.31 Å². The number of anilines is 1. The van der Waals surface area contributed by atoms with E-state index in [-0.39, 0.29) is 24.1 Å². The second kappa shape index (κ2) is 8.91. The average Bonchev–Trinajstić information content (AvgIpc) is 2.71. The lowest BCUT2D eigenvalue weighted by atomic mass is 9.83. The number of amides is 1. The Morgan fingerprint density at radius 3 is 2.45 bits per heavy atom. The second-order valence-corrected chi connectivity index (χ2v) is 10.3. The van der Waals surface area contributed by atoms with Crippen LogP contribution in [0.3, 0.4) is 0 Å². The van der Waals surface area contributed by atoms with Crippen LogP contribution in [-0.2, 0) is 14.8 Å². The first kappa shape index (κ1) is 23.1. The van der Waals surface area contributed by atoms with Crippen molar-refractivity contribution in [2.45, 2.75) is 58.6 Å². The quantitative estimate of drug-likeness (QED) is 0.692. The van der Waals surface area contributed by atoms with Crippen molar-refractivity contribution < 1.29 is 17.9 Å². The van der Waals surface area contributed by atoms with E-state index >= 15 is 0 Å². The number of hydrogen-bond acceptors (Lipinski definition) is 4. The number of nitrogens with one attached hydrogen (secondary N) is 1. The molecule has 7 heteroatoms. The summed E-state index contributed by atoms with van der Waals surface area (Å²) in [6.45, 7) is 7.70. The minimum Gasteiger partial charge on any atom is -0.487 e. The standard InChI is InChI=1S/C24H32N2O4S/c1-6-24(7-2)15-20(19-10-8-9-11-22(19)30-24)25-23(27)16-26(31(5,28)29)21-13-12-17(3)14-18(21)4/h8-14,20H,6-7,15-16H2,1-5H3,(H,25,27). The van der Waals surface area contributed by atoms with E-state index in [0.29, 0.717) is 12.1 Å². The van der Waals surface area contributed by atoms with Gasteiger partial charge in [0.25, 0.3) is 0 Å². The molecule has 1 N–H and O–H groups in total. The minimum atomic E-state index is -3.63. The molecule has 6 nitrogen and oxygen atoms in total. The summed E-state index contributed by atoms with van der Waals surface area (Å²) >= 11 is 0. The first-order valence-corrected chi connectivity index (χ1v) is 12.6. The number of nitrogens with zero attached hydrogens (tertiary/aromatic N) is 1. The number of benzene rings is 2. The maximum atomic E-state index is 13.1. The predicted molar refractivity (Wildman–Crippen MR) is 124 cm³/mol. The van der Waals surface area contributed by atoms with Gasteiger partial charge in [0.1, 0.15) is 17.9 Å². The lowest BCUT2D eigenvalue weighted by Crippen LogP contribution is -2.47. The average molecular weight is 445 g/mol. The molecule has 1 aliphatic heterocycles. The molecule has 3 rings (SSSR count). The molecular formula is C24H32N2O4S. The molecule has 1 unspecified atom stereocenters. The van der Waals surface area contributed by atoms with Gasteiger partial charge in [-0.05, 0) is 44.4 Å². The molecule has 0 aliphatic carbocycles. The highest BCUT2D eigenvalue weighted by molar-refractivity contribution is 7.92. The van der Waals surface area contributed by atoms with Crippen molar-refractivity contribution in [3.8, 4) is 5.75 Å². The van der Waals surface area contributed by atoms with Gasteiger partial charge >= 0.3 is 0 Å². The van der Waals surface area contributed by atoms with Crippen molar-refractivity contribution in [1.82, 2.24) is 5.32 Å². The maximum absolute atomic E-state index is 13.1. The highest BCUT2D eigenvalue weighted by Crippen LogP contribution is 2.42. The summed E-state index contributed by atoms with van der Waals surface area (Å²) in [5, 5.41) is 3.08. The molecule has 0 fully saturated rings. The molecular weight excluding hydrogens is 412 g/mol. The lowest BCUT2D eigenvalue weighted by molar-refractivity contribution is -0.121. The van der Waals surface area contributed by atoms with E-state index in [1.807, 2.05) is 50.2 Å². The number of carbonyl (C=O) groups is 1. The fourth-order valence-electron chi connectivity index (χ4n) is 4.27. The number of sulfonamides is 1. The molecule has 1 amide bonds. The highest BCUT2D eigenvalue weighted by Gasteiger charge is 2.39. The van der Waals surface area contributed by atoms with Crippen LogP contribution in [-0.4, -0.2) is 32.7 Å². The van der Waals surface area contributed by atoms with E-state index in [4.69, 9.17) is 4.74 Å². The Morgan fingerprint density at radius 1 is 1.16 bits per heavy atom. The number of hydrogen-bond donors (Lipinski definition) is 1. The Balaban J connectivity index is 1.87. The van der Waals surface area contributed by atoms with Crippen LogP contribution in [0.2, 0.25) is 0 Å². The van der Waals surface area contributed by atoms with E-state index in [0.717, 1.165) is 41.5 Å². The predicted octanol–water partition coefficient (Wildman–Crippen LogP) is 4.27. The summed E-state index contributed by atoms with van der Waals surface area (Å²) < 4.78 is 32.5. The third kappa shape index (κ3) is 5.03. The maximum Gasteiger partial charge on any atom is 0.241 e. The third-order valence-corrected chi connectivity index (χ3v) is 7.26. The molecule has 1 heterocycles. The summed E-state index contributed by atoms with van der Waals surface area (Å²) in [6.07, 6.45) is 3.41. The number of rotatable bonds is 7. The van der Waals surface area contributed by atoms with E-state index in [1.54, 1.807) is 6.07 Å². The molecule has 0 spiro atoms. The van der Waals surface area contributed by atoms with Crippen molar-refractivity contribution in [3.63, 3.8) is 0 Å². The number of fused-ring (bicyclic) bond motifs is 1. The van der Waals surface area contributed by atoms with Gasteiger partial charge in [0.2, 0.25) is 15.9 Å². The molecule has 2 aromatic carbocycles. The zero-order valence-corrected chi connectivity index (χ0v) is 19.8. The Kier molecular flexibility index (Phi) is 6.65. The zero-order chi connectivity index (χ0) is 22.8. The summed E-state index contributed by atoms with van der Waals surface area (Å²) in [6, 6.07) is 13.0. The first-order valence-electron chi connectivity index (χ1n) is 10.7. The van der Waals surface area contributed by atoms with Crippen LogP contribution in [0.1, 0.15) is 55.8 Å². The topological polar surface area (TPSA) is 75.7 Å². The van der Waals surface area contributed by atoms with E-state index < -0.39 is 10.0 Å². The largest absolute Gasteiger partial charge is 0.487 e. The van der Waals surface area contributed by atoms with Gasteiger partial charge in [-0.15, -0.1) is 0 Å². The van der Waals surface area contributed by atoms with Crippen LogP contribution < -0.4 is 14.4 Å². The van der Waals surface area contributed by atoms with Gasteiger partial charge in [0.15, 0.2) is 0 Å². The van der Waals surface area contributed by atoms with Crippen LogP contribution in [0.4, 0.5) is 5.69 Å². The van der Waals surface area contributed by atoms with Crippen LogP contribution in [0.25, 0.3) is 0 Å². The van der Waals surface area contributed by atoms with Gasteiger partial charge in [0.05, 0.1) is 18.0 Å². The van der Waals surface area contributed by atoms with E-state index in [2.05, 4.69) is 19.2 Å². The number of para-hydroxylation sites is 1. The van der Waals surface area contributed by atoms with Gasteiger partial charge in [-0.3, -0.25) is 9.10 Å². The molecule has 0 radical (unpaired) electrons. The summed E-state index contributed by atoms with van der Waals surface area (Å²) in [5.74, 6) is 0.435. The Morgan fingerprint density at radius 2 is 1.84 bits per heavy atom. The zero-order valence-electron chi connectivity index (χ0n) is 18.9. The van der Waals surface area contributed by atoms with Crippen molar-refractivity contribution >= 4 is 21.6 Å². The Labute approximate surface area is 185 Å². The first-order chi connectivity index (χ1) is 14.6. The van der Waals surface area contributed by atoms with Crippen LogP contribution in [0, 0.1) is 13.8 Å². The summed E-state index contributed by atoms with van der Waals surface area (Å²) in [5.41, 5.74) is 2.94. The summed E-state index contributed by atoms with van der Waals surface area (Å²) in [4.78, 5) is 13.1. The van der Waals surface area contributed by atoms with Gasteiger partial charge < -0.3 is 10.1 Å². The Bertz CT molecular complexity index is 1060. The second-order valence-electron chi connectivity index (χ2n) is 8.41. The van der Waals surface area contributed by atoms with Crippen molar-refractivity contribution in [2.75, 3.05) is 17.1 Å². The Hall–Kier alpha value is -2.54. The molecule has 0 bridgehead atoms. The highest BCUT2D eigenvalue weighted by atomic mass is 32.2. The smallest absolute Gasteiger partial charge is 0.241 e. The number of carbonyl (C=O) groups excluding carboxylic acids is 1. The van der Waals surface area contributed by atoms with Crippen molar-refractivity contribution in [3.05, 3.63) is 59.2 Å². The fraction of sp³-hybridized carbons (Fsp3) is 0.458. The summed E-state index contributed by atoms with van der Waals surface area (Å²) in [7, 11) is -3.63. The molecule has 0 saturated heterocycles. The van der Waals surface area contributed by atoms with E-state index in [9.17, 15) is 13.2 Å². The molecule has 168 valence electrons. The lowest BCUT2D eigenvalue weighted by Gasteiger charge is -2.41. The molecule has 1 aliphatic rings. The SMILES string of the molecule is CCC1(CC)CC(NC(=O)CN(c2ccc(C)cc2C)S(C)(=O)=O)c2ccccc2O1. The molecule has 0 saturated carbocycles. The minimum absolute atomic E-state index is 0.238. The fourth-order valence-corrected chi connectivity index (χ4v) is 5.18. The third-order valence-electron chi connectivity index (χ3n) is 6.13. The number of ether oxygens (including phenoxy) is 1. The van der Waals surface area contributed by atoms with Crippen LogP contribution in [0.5, 0.6) is 5.75 Å². The van der Waals surface area contributed by atoms with Crippen LogP contribution >= 0.6 is 0 Å². The molecule has 0 aromatic heterocycles. The van der Waals surface area contributed by atoms with Gasteiger partial charge in [-0.25, -0.2) is 8.42 Å². The molecule has 2 aromatic rings.